The third kappa shape index (κ3) is 8.24. The maximum Gasteiger partial charge on any atom is 0.410 e. The van der Waals surface area contributed by atoms with E-state index in [2.05, 4.69) is 15.2 Å². The Hall–Kier alpha value is -1.16. The fourth-order valence-electron chi connectivity index (χ4n) is 3.39. The van der Waals surface area contributed by atoms with Crippen LogP contribution in [0, 0.1) is 5.92 Å². The zero-order chi connectivity index (χ0) is 20.9. The third-order valence-corrected chi connectivity index (χ3v) is 4.97. The predicted molar refractivity (Wildman–Crippen MR) is 129 cm³/mol. The van der Waals surface area contributed by atoms with Gasteiger partial charge < -0.3 is 24.4 Å². The van der Waals surface area contributed by atoms with Crippen LogP contribution >= 0.6 is 35.6 Å². The van der Waals surface area contributed by atoms with Crippen LogP contribution in [0.3, 0.4) is 0 Å². The fraction of sp³-hybridized carbons (Fsp3) is 0.700. The number of aromatic nitrogens is 1. The fourth-order valence-corrected chi connectivity index (χ4v) is 3.66. The summed E-state index contributed by atoms with van der Waals surface area (Å²) in [5.41, 5.74) is 0.650. The number of amides is 1. The van der Waals surface area contributed by atoms with Crippen molar-refractivity contribution in [3.05, 3.63) is 23.0 Å². The van der Waals surface area contributed by atoms with Crippen LogP contribution in [0.5, 0.6) is 0 Å². The first kappa shape index (κ1) is 25.9. The molecule has 1 aromatic rings. The molecule has 1 N–H and O–H groups in total. The topological polar surface area (TPSA) is 62.1 Å². The molecule has 0 radical (unpaired) electrons. The summed E-state index contributed by atoms with van der Waals surface area (Å²) >= 11 is 6.08. The Kier molecular flexibility index (Phi) is 10.1. The number of hydrogen-bond donors (Lipinski definition) is 1. The SMILES string of the molecule is CN=C(NCC1CCCN(C(=O)OC(C)(C)C)C1)N(C)Cc1cc(Cl)cn1C.I. The van der Waals surface area contributed by atoms with Gasteiger partial charge in [-0.15, -0.1) is 24.0 Å². The molecular weight excluding hydrogens is 505 g/mol. The molecule has 7 nitrogen and oxygen atoms in total. The van der Waals surface area contributed by atoms with Gasteiger partial charge in [-0.1, -0.05) is 11.6 Å². The summed E-state index contributed by atoms with van der Waals surface area (Å²) in [6.07, 6.45) is 3.75. The second-order valence-corrected chi connectivity index (χ2v) is 8.92. The van der Waals surface area contributed by atoms with E-state index in [1.54, 1.807) is 7.05 Å². The molecule has 2 heterocycles. The highest BCUT2D eigenvalue weighted by atomic mass is 127. The molecule has 0 spiro atoms. The molecule has 0 aliphatic carbocycles. The van der Waals surface area contributed by atoms with E-state index in [4.69, 9.17) is 16.3 Å². The molecule has 2 rings (SSSR count). The zero-order valence-corrected chi connectivity index (χ0v) is 21.5. The van der Waals surface area contributed by atoms with Crippen molar-refractivity contribution in [3.63, 3.8) is 0 Å². The van der Waals surface area contributed by atoms with E-state index < -0.39 is 5.60 Å². The molecule has 0 saturated carbocycles. The Morgan fingerprint density at radius 1 is 1.45 bits per heavy atom. The van der Waals surface area contributed by atoms with Crippen molar-refractivity contribution in [2.75, 3.05) is 33.7 Å². The number of carbonyl (C=O) groups is 1. The molecule has 0 aromatic carbocycles. The summed E-state index contributed by atoms with van der Waals surface area (Å²) in [6, 6.07) is 1.96. The summed E-state index contributed by atoms with van der Waals surface area (Å²) < 4.78 is 7.53. The molecular formula is C20H35ClIN5O2. The van der Waals surface area contributed by atoms with E-state index in [1.165, 1.54) is 0 Å². The van der Waals surface area contributed by atoms with E-state index in [9.17, 15) is 4.79 Å². The average molecular weight is 540 g/mol. The summed E-state index contributed by atoms with van der Waals surface area (Å²) in [4.78, 5) is 20.6. The second-order valence-electron chi connectivity index (χ2n) is 8.48. The van der Waals surface area contributed by atoms with Crippen LogP contribution < -0.4 is 5.32 Å². The normalized spacial score (nSPS) is 17.6. The Bertz CT molecular complexity index is 702. The Balaban J connectivity index is 0.00000420. The summed E-state index contributed by atoms with van der Waals surface area (Å²) in [5, 5.41) is 4.18. The van der Waals surface area contributed by atoms with Gasteiger partial charge in [-0.05, 0) is 45.6 Å². The summed E-state index contributed by atoms with van der Waals surface area (Å²) in [6.45, 7) is 8.63. The zero-order valence-electron chi connectivity index (χ0n) is 18.4. The maximum absolute atomic E-state index is 12.3. The van der Waals surface area contributed by atoms with E-state index in [0.717, 1.165) is 42.6 Å². The van der Waals surface area contributed by atoms with E-state index in [1.807, 2.05) is 56.6 Å². The molecule has 1 aliphatic heterocycles. The molecule has 1 aliphatic rings. The van der Waals surface area contributed by atoms with Gasteiger partial charge in [-0.3, -0.25) is 4.99 Å². The highest BCUT2D eigenvalue weighted by molar-refractivity contribution is 14.0. The molecule has 1 amide bonds. The molecule has 29 heavy (non-hydrogen) atoms. The van der Waals surface area contributed by atoms with E-state index >= 15 is 0 Å². The highest BCUT2D eigenvalue weighted by Crippen LogP contribution is 2.19. The minimum Gasteiger partial charge on any atom is -0.444 e. The molecule has 1 unspecified atom stereocenters. The number of hydrogen-bond acceptors (Lipinski definition) is 3. The van der Waals surface area contributed by atoms with Crippen LogP contribution in [0.4, 0.5) is 4.79 Å². The number of nitrogens with zero attached hydrogens (tertiary/aromatic N) is 4. The minimum atomic E-state index is -0.465. The van der Waals surface area contributed by atoms with Crippen molar-refractivity contribution in [2.24, 2.45) is 18.0 Å². The lowest BCUT2D eigenvalue weighted by Crippen LogP contribution is -2.47. The number of halogens is 2. The van der Waals surface area contributed by atoms with Gasteiger partial charge in [-0.2, -0.15) is 0 Å². The third-order valence-electron chi connectivity index (χ3n) is 4.77. The van der Waals surface area contributed by atoms with E-state index in [0.29, 0.717) is 19.0 Å². The van der Waals surface area contributed by atoms with Crippen molar-refractivity contribution in [1.29, 1.82) is 0 Å². The number of aryl methyl sites for hydroxylation is 1. The number of aliphatic imine (C=N–C) groups is 1. The van der Waals surface area contributed by atoms with Crippen LogP contribution in [-0.2, 0) is 18.3 Å². The monoisotopic (exact) mass is 539 g/mol. The lowest BCUT2D eigenvalue weighted by Gasteiger charge is -2.34. The Morgan fingerprint density at radius 3 is 2.69 bits per heavy atom. The second kappa shape index (κ2) is 11.3. The smallest absolute Gasteiger partial charge is 0.410 e. The highest BCUT2D eigenvalue weighted by Gasteiger charge is 2.27. The first-order valence-corrected chi connectivity index (χ1v) is 10.2. The molecule has 1 aromatic heterocycles. The van der Waals surface area contributed by atoms with Gasteiger partial charge in [0, 0.05) is 52.7 Å². The lowest BCUT2D eigenvalue weighted by atomic mass is 9.98. The number of guanidine groups is 1. The lowest BCUT2D eigenvalue weighted by molar-refractivity contribution is 0.0168. The number of piperidine rings is 1. The van der Waals surface area contributed by atoms with Crippen molar-refractivity contribution >= 4 is 47.6 Å². The van der Waals surface area contributed by atoms with Crippen molar-refractivity contribution in [1.82, 2.24) is 19.7 Å². The minimum absolute atomic E-state index is 0. The maximum atomic E-state index is 12.3. The molecule has 0 bridgehead atoms. The van der Waals surface area contributed by atoms with Crippen molar-refractivity contribution in [2.45, 2.75) is 45.8 Å². The van der Waals surface area contributed by atoms with Gasteiger partial charge in [0.25, 0.3) is 0 Å². The first-order chi connectivity index (χ1) is 13.1. The van der Waals surface area contributed by atoms with E-state index in [-0.39, 0.29) is 30.1 Å². The van der Waals surface area contributed by atoms with Crippen LogP contribution in [0.1, 0.15) is 39.3 Å². The number of nitrogens with one attached hydrogen (secondary N) is 1. The molecule has 1 saturated heterocycles. The van der Waals surface area contributed by atoms with Crippen LogP contribution in [0.25, 0.3) is 0 Å². The number of ether oxygens (including phenoxy) is 1. The Morgan fingerprint density at radius 2 is 2.14 bits per heavy atom. The first-order valence-electron chi connectivity index (χ1n) is 9.79. The number of rotatable bonds is 4. The van der Waals surface area contributed by atoms with Crippen LogP contribution in [-0.4, -0.2) is 65.8 Å². The van der Waals surface area contributed by atoms with Gasteiger partial charge in [-0.25, -0.2) is 4.79 Å². The van der Waals surface area contributed by atoms with Gasteiger partial charge in [0.15, 0.2) is 5.96 Å². The molecule has 9 heteroatoms. The standard InChI is InChI=1S/C20H34ClN5O2.HI/c1-20(2,3)28-19(27)26-9-7-8-15(12-26)11-23-18(22-4)25(6)14-17-10-16(21)13-24(17)5;/h10,13,15H,7-9,11-12,14H2,1-6H3,(H,22,23);1H. The van der Waals surface area contributed by atoms with Crippen LogP contribution in [0.15, 0.2) is 17.3 Å². The molecule has 166 valence electrons. The Labute approximate surface area is 196 Å². The van der Waals surface area contributed by atoms with Gasteiger partial charge in [0.2, 0.25) is 0 Å². The average Bonchev–Trinajstić information content (AvgIpc) is 2.91. The predicted octanol–water partition coefficient (Wildman–Crippen LogP) is 3.95. The number of carbonyl (C=O) groups excluding carboxylic acids is 1. The summed E-state index contributed by atoms with van der Waals surface area (Å²) in [5.74, 6) is 1.20. The van der Waals surface area contributed by atoms with Gasteiger partial charge in [0.1, 0.15) is 5.60 Å². The number of likely N-dealkylation sites (tertiary alicyclic amines) is 1. The quantitative estimate of drug-likeness (QED) is 0.358. The van der Waals surface area contributed by atoms with Crippen molar-refractivity contribution < 1.29 is 9.53 Å². The van der Waals surface area contributed by atoms with Crippen LogP contribution in [0.2, 0.25) is 5.02 Å². The van der Waals surface area contributed by atoms with Gasteiger partial charge in [0.05, 0.1) is 11.6 Å². The van der Waals surface area contributed by atoms with Crippen molar-refractivity contribution in [3.8, 4) is 0 Å². The molecule has 1 fully saturated rings. The molecule has 1 atom stereocenters. The largest absolute Gasteiger partial charge is 0.444 e. The van der Waals surface area contributed by atoms with Gasteiger partial charge >= 0.3 is 6.09 Å². The summed E-state index contributed by atoms with van der Waals surface area (Å²) in [7, 11) is 5.77.